The number of anilines is 1. The highest BCUT2D eigenvalue weighted by Gasteiger charge is 2.77. The van der Waals surface area contributed by atoms with Gasteiger partial charge in [-0.05, 0) is 42.6 Å². The molecule has 0 aliphatic carbocycles. The minimum atomic E-state index is -1.47. The monoisotopic (exact) mass is 411 g/mol. The first-order valence-corrected chi connectivity index (χ1v) is 9.82. The zero-order chi connectivity index (χ0) is 20.6. The summed E-state index contributed by atoms with van der Waals surface area (Å²) in [6.07, 6.45) is 0. The molecule has 2 fully saturated rings. The third-order valence-corrected chi connectivity index (χ3v) is 7.53. The number of thioether (sulfide) groups is 1. The lowest BCUT2D eigenvalue weighted by Gasteiger charge is -2.41. The predicted octanol–water partition coefficient (Wildman–Crippen LogP) is 1.70. The summed E-state index contributed by atoms with van der Waals surface area (Å²) in [6.45, 7) is 0.291. The Morgan fingerprint density at radius 3 is 2.48 bits per heavy atom. The van der Waals surface area contributed by atoms with Gasteiger partial charge in [0.15, 0.2) is 17.0 Å². The fourth-order valence-electron chi connectivity index (χ4n) is 5.03. The molecule has 3 heterocycles. The summed E-state index contributed by atoms with van der Waals surface area (Å²) in [5, 5.41) is 24.4. The van der Waals surface area contributed by atoms with Gasteiger partial charge in [-0.1, -0.05) is 24.3 Å². The van der Waals surface area contributed by atoms with Crippen molar-refractivity contribution in [3.05, 3.63) is 53.6 Å². The quantitative estimate of drug-likeness (QED) is 0.527. The molecule has 3 aliphatic heterocycles. The van der Waals surface area contributed by atoms with Crippen LogP contribution in [-0.4, -0.2) is 50.5 Å². The molecule has 3 aliphatic rings. The number of hydrogen-bond acceptors (Lipinski definition) is 7. The normalized spacial score (nSPS) is 30.8. The summed E-state index contributed by atoms with van der Waals surface area (Å²) in [5.74, 6) is -2.11. The Hall–Kier alpha value is -3.04. The molecule has 8 nitrogen and oxygen atoms in total. The van der Waals surface area contributed by atoms with E-state index in [1.807, 2.05) is 0 Å². The van der Waals surface area contributed by atoms with Crippen LogP contribution in [0.2, 0.25) is 0 Å². The Balaban J connectivity index is 1.81. The van der Waals surface area contributed by atoms with Crippen molar-refractivity contribution in [2.24, 2.45) is 0 Å². The first-order chi connectivity index (χ1) is 13.8. The van der Waals surface area contributed by atoms with E-state index in [0.29, 0.717) is 23.4 Å². The molecule has 3 amide bonds. The van der Waals surface area contributed by atoms with Gasteiger partial charge < -0.3 is 15.5 Å². The number of benzene rings is 2. The van der Waals surface area contributed by atoms with Crippen molar-refractivity contribution in [1.82, 2.24) is 10.2 Å². The molecule has 9 heteroatoms. The second-order valence-electron chi connectivity index (χ2n) is 7.47. The molecular formula is C20H17N3O5S. The van der Waals surface area contributed by atoms with E-state index >= 15 is 0 Å². The second kappa shape index (κ2) is 5.74. The third kappa shape index (κ3) is 2.01. The van der Waals surface area contributed by atoms with Crippen LogP contribution in [0.25, 0.3) is 0 Å². The molecule has 0 radical (unpaired) electrons. The zero-order valence-corrected chi connectivity index (χ0v) is 16.1. The highest BCUT2D eigenvalue weighted by molar-refractivity contribution is 8.16. The summed E-state index contributed by atoms with van der Waals surface area (Å²) < 4.78 is -1.47. The summed E-state index contributed by atoms with van der Waals surface area (Å²) in [6, 6.07) is 11.5. The summed E-state index contributed by atoms with van der Waals surface area (Å²) >= 11 is 0.818. The van der Waals surface area contributed by atoms with Crippen molar-refractivity contribution in [3.8, 4) is 11.5 Å². The molecule has 2 saturated heterocycles. The maximum Gasteiger partial charge on any atom is 0.286 e. The maximum absolute atomic E-state index is 13.4. The number of likely N-dealkylation sites (tertiary alicyclic amines) is 1. The van der Waals surface area contributed by atoms with Crippen molar-refractivity contribution < 1.29 is 24.6 Å². The lowest BCUT2D eigenvalue weighted by Crippen LogP contribution is -2.61. The number of nitrogens with one attached hydrogen (secondary N) is 2. The molecule has 3 atom stereocenters. The number of carbonyl (C=O) groups is 3. The van der Waals surface area contributed by atoms with Crippen molar-refractivity contribution in [2.45, 2.75) is 16.2 Å². The van der Waals surface area contributed by atoms with E-state index in [0.717, 1.165) is 11.8 Å². The van der Waals surface area contributed by atoms with E-state index in [9.17, 15) is 24.6 Å². The topological polar surface area (TPSA) is 119 Å². The molecule has 0 saturated carbocycles. The number of carbonyl (C=O) groups excluding carboxylic acids is 3. The molecule has 0 bridgehead atoms. The van der Waals surface area contributed by atoms with Gasteiger partial charge in [0, 0.05) is 23.7 Å². The third-order valence-electron chi connectivity index (χ3n) is 6.16. The van der Waals surface area contributed by atoms with Gasteiger partial charge in [-0.25, -0.2) is 0 Å². The van der Waals surface area contributed by atoms with Gasteiger partial charge in [0.05, 0.1) is 0 Å². The number of fused-ring (bicyclic) bond motifs is 3. The molecule has 148 valence electrons. The number of nitrogens with zero attached hydrogens (tertiary/aromatic N) is 1. The van der Waals surface area contributed by atoms with Gasteiger partial charge in [-0.2, -0.15) is 0 Å². The van der Waals surface area contributed by atoms with Crippen LogP contribution < -0.4 is 10.6 Å². The molecule has 29 heavy (non-hydrogen) atoms. The molecular weight excluding hydrogens is 394 g/mol. The van der Waals surface area contributed by atoms with Crippen LogP contribution in [0.1, 0.15) is 17.0 Å². The van der Waals surface area contributed by atoms with E-state index in [4.69, 9.17) is 0 Å². The Labute approximate surface area is 169 Å². The molecule has 0 unspecified atom stereocenters. The fraction of sp³-hybridized carbons (Fsp3) is 0.250. The zero-order valence-electron chi connectivity index (χ0n) is 15.3. The van der Waals surface area contributed by atoms with E-state index in [1.54, 1.807) is 42.3 Å². The number of phenols is 2. The fourth-order valence-corrected chi connectivity index (χ4v) is 6.47. The molecule has 5 rings (SSSR count). The van der Waals surface area contributed by atoms with Crippen LogP contribution in [-0.2, 0) is 15.1 Å². The maximum atomic E-state index is 13.4. The number of hydrogen-bond donors (Lipinski definition) is 4. The first-order valence-electron chi connectivity index (χ1n) is 9.01. The highest BCUT2D eigenvalue weighted by atomic mass is 32.2. The van der Waals surface area contributed by atoms with Crippen molar-refractivity contribution in [1.29, 1.82) is 0 Å². The summed E-state index contributed by atoms with van der Waals surface area (Å²) in [7, 11) is 1.75. The molecule has 2 spiro atoms. The Morgan fingerprint density at radius 1 is 1.03 bits per heavy atom. The van der Waals surface area contributed by atoms with Gasteiger partial charge in [-0.3, -0.25) is 24.6 Å². The lowest BCUT2D eigenvalue weighted by atomic mass is 9.72. The summed E-state index contributed by atoms with van der Waals surface area (Å²) in [5.41, 5.74) is 0.391. The van der Waals surface area contributed by atoms with E-state index in [1.165, 1.54) is 12.1 Å². The largest absolute Gasteiger partial charge is 0.504 e. The van der Waals surface area contributed by atoms with Gasteiger partial charge in [-0.15, -0.1) is 0 Å². The minimum Gasteiger partial charge on any atom is -0.504 e. The standard InChI is InChI=1S/C20H17N3O5S/c1-23-9-12(10-6-7-14(24)15(25)8-10)20(17(27)22-18(28)29-20)19(23)11-4-2-3-5-13(11)21-16(19)26/h2-8,12,24-25H,9H2,1H3,(H,21,26)(H,22,27,28)/t12-,19+,20-/m1/s1. The van der Waals surface area contributed by atoms with Crippen LogP contribution in [0, 0.1) is 0 Å². The van der Waals surface area contributed by atoms with Crippen molar-refractivity contribution in [3.63, 3.8) is 0 Å². The molecule has 0 aromatic heterocycles. The average Bonchev–Trinajstić information content (AvgIpc) is 3.24. The number of aromatic hydroxyl groups is 2. The molecule has 2 aromatic rings. The molecule has 2 aromatic carbocycles. The van der Waals surface area contributed by atoms with Gasteiger partial charge in [0.1, 0.15) is 4.75 Å². The predicted molar refractivity (Wildman–Crippen MR) is 106 cm³/mol. The second-order valence-corrected chi connectivity index (χ2v) is 8.69. The smallest absolute Gasteiger partial charge is 0.286 e. The summed E-state index contributed by atoms with van der Waals surface area (Å²) in [4.78, 5) is 40.9. The Kier molecular flexibility index (Phi) is 3.57. The van der Waals surface area contributed by atoms with E-state index < -0.39 is 27.4 Å². The lowest BCUT2D eigenvalue weighted by molar-refractivity contribution is -0.133. The van der Waals surface area contributed by atoms with Crippen molar-refractivity contribution >= 4 is 34.5 Å². The Morgan fingerprint density at radius 2 is 1.79 bits per heavy atom. The van der Waals surface area contributed by atoms with E-state index in [-0.39, 0.29) is 17.4 Å². The van der Waals surface area contributed by atoms with Crippen LogP contribution in [0.15, 0.2) is 42.5 Å². The number of imide groups is 1. The number of para-hydroxylation sites is 1. The van der Waals surface area contributed by atoms with Crippen LogP contribution in [0.3, 0.4) is 0 Å². The van der Waals surface area contributed by atoms with Gasteiger partial charge in [0.25, 0.3) is 11.1 Å². The van der Waals surface area contributed by atoms with Crippen LogP contribution in [0.4, 0.5) is 10.5 Å². The van der Waals surface area contributed by atoms with Crippen LogP contribution >= 0.6 is 11.8 Å². The molecule has 4 N–H and O–H groups in total. The first kappa shape index (κ1) is 18.0. The van der Waals surface area contributed by atoms with Gasteiger partial charge in [0.2, 0.25) is 5.91 Å². The van der Waals surface area contributed by atoms with E-state index in [2.05, 4.69) is 10.6 Å². The number of rotatable bonds is 1. The van der Waals surface area contributed by atoms with Crippen LogP contribution in [0.5, 0.6) is 11.5 Å². The van der Waals surface area contributed by atoms with Crippen molar-refractivity contribution in [2.75, 3.05) is 18.9 Å². The highest BCUT2D eigenvalue weighted by Crippen LogP contribution is 2.64. The SMILES string of the molecule is CN1C[C@H](c2ccc(O)c(O)c2)[C@]2(SC(=O)NC2=O)[C@]12C(=O)Nc1ccccc12. The van der Waals surface area contributed by atoms with Gasteiger partial charge >= 0.3 is 0 Å². The minimum absolute atomic E-state index is 0.285. The number of phenolic OH excluding ortho intramolecular Hbond substituents is 2. The average molecular weight is 411 g/mol. The Bertz CT molecular complexity index is 1110. The number of amides is 3. The number of likely N-dealkylation sites (N-methyl/N-ethyl adjacent to an activating group) is 1.